The van der Waals surface area contributed by atoms with Gasteiger partial charge in [0.2, 0.25) is 11.8 Å². The van der Waals surface area contributed by atoms with E-state index in [1.165, 1.54) is 11.6 Å². The molecule has 0 unspecified atom stereocenters. The highest BCUT2D eigenvalue weighted by atomic mass is 31.2. The van der Waals surface area contributed by atoms with Crippen molar-refractivity contribution in [3.8, 4) is 0 Å². The summed E-state index contributed by atoms with van der Waals surface area (Å²) in [6.07, 6.45) is 2.03. The Hall–Kier alpha value is -2.13. The Morgan fingerprint density at radius 3 is 1.78 bits per heavy atom. The number of nitrogens with two attached hydrogens (primary N) is 2. The van der Waals surface area contributed by atoms with E-state index < -0.39 is 19.0 Å². The summed E-state index contributed by atoms with van der Waals surface area (Å²) >= 11 is 0. The maximum Gasteiger partial charge on any atom is 0.241 e. The van der Waals surface area contributed by atoms with Gasteiger partial charge in [-0.3, -0.25) is 9.59 Å². The minimum absolute atomic E-state index is 0.486. The number of carbonyl (C=O) groups is 2. The summed E-state index contributed by atoms with van der Waals surface area (Å²) < 4.78 is 12.6. The molecule has 0 radical (unpaired) electrons. The third-order valence-electron chi connectivity index (χ3n) is 2.08. The summed E-state index contributed by atoms with van der Waals surface area (Å²) in [5.74, 6) is 0.978. The molecule has 0 aliphatic carbocycles. The molecule has 0 aliphatic rings. The van der Waals surface area contributed by atoms with Crippen molar-refractivity contribution in [3.63, 3.8) is 0 Å². The first kappa shape index (κ1) is 13.9. The van der Waals surface area contributed by atoms with Gasteiger partial charge in [0.05, 0.1) is 0 Å². The highest BCUT2D eigenvalue weighted by molar-refractivity contribution is 7.77. The van der Waals surface area contributed by atoms with Crippen molar-refractivity contribution in [2.75, 3.05) is 0 Å². The highest BCUT2D eigenvalue weighted by Crippen LogP contribution is 2.47. The Bertz CT molecular complexity index is 522. The van der Waals surface area contributed by atoms with E-state index in [2.05, 4.69) is 0 Å². The van der Waals surface area contributed by atoms with E-state index in [1.807, 2.05) is 0 Å². The average molecular weight is 264 g/mol. The molecule has 0 saturated carbocycles. The monoisotopic (exact) mass is 264 g/mol. The third kappa shape index (κ3) is 4.03. The van der Waals surface area contributed by atoms with Crippen molar-refractivity contribution >= 4 is 24.3 Å². The lowest BCUT2D eigenvalue weighted by molar-refractivity contribution is -0.114. The number of hydrogen-bond donors (Lipinski definition) is 2. The standard InChI is InChI=1S/C12H13N2O3P/c13-11(15)6-8-18(17,9-7-12(14)16)10-4-2-1-3-5-10/h1-9H,(H2,13,15)(H2,14,16). The molecule has 0 spiro atoms. The summed E-state index contributed by atoms with van der Waals surface area (Å²) in [4.78, 5) is 21.4. The summed E-state index contributed by atoms with van der Waals surface area (Å²) in [6.45, 7) is 0. The van der Waals surface area contributed by atoms with E-state index in [0.29, 0.717) is 5.30 Å². The second kappa shape index (κ2) is 5.98. The minimum atomic E-state index is -3.14. The average Bonchev–Trinajstić information content (AvgIpc) is 2.35. The van der Waals surface area contributed by atoms with Crippen LogP contribution in [0.25, 0.3) is 0 Å². The van der Waals surface area contributed by atoms with Crippen molar-refractivity contribution in [1.82, 2.24) is 0 Å². The minimum Gasteiger partial charge on any atom is -0.366 e. The third-order valence-corrected chi connectivity index (χ3v) is 4.37. The number of amides is 2. The zero-order valence-corrected chi connectivity index (χ0v) is 10.4. The van der Waals surface area contributed by atoms with Crippen molar-refractivity contribution in [2.45, 2.75) is 0 Å². The second-order valence-electron chi connectivity index (χ2n) is 3.48. The van der Waals surface area contributed by atoms with Gasteiger partial charge in [-0.2, -0.15) is 0 Å². The van der Waals surface area contributed by atoms with Gasteiger partial charge < -0.3 is 16.0 Å². The van der Waals surface area contributed by atoms with Crippen LogP contribution in [0, 0.1) is 0 Å². The van der Waals surface area contributed by atoms with Gasteiger partial charge in [0.15, 0.2) is 7.14 Å². The molecule has 4 N–H and O–H groups in total. The van der Waals surface area contributed by atoms with Crippen LogP contribution >= 0.6 is 7.14 Å². The predicted octanol–water partition coefficient (Wildman–Crippen LogP) is 0.673. The van der Waals surface area contributed by atoms with E-state index in [9.17, 15) is 14.2 Å². The molecule has 0 atom stereocenters. The number of primary amides is 2. The van der Waals surface area contributed by atoms with Gasteiger partial charge in [-0.25, -0.2) is 0 Å². The summed E-state index contributed by atoms with van der Waals surface area (Å²) in [5.41, 5.74) is 9.94. The van der Waals surface area contributed by atoms with E-state index in [0.717, 1.165) is 12.2 Å². The van der Waals surface area contributed by atoms with E-state index in [-0.39, 0.29) is 0 Å². The van der Waals surface area contributed by atoms with Gasteiger partial charge in [0.1, 0.15) is 0 Å². The number of hydrogen-bond acceptors (Lipinski definition) is 3. The van der Waals surface area contributed by atoms with Gasteiger partial charge in [-0.15, -0.1) is 0 Å². The fourth-order valence-electron chi connectivity index (χ4n) is 1.25. The van der Waals surface area contributed by atoms with Crippen LogP contribution in [0.4, 0.5) is 0 Å². The molecule has 5 nitrogen and oxygen atoms in total. The van der Waals surface area contributed by atoms with Crippen LogP contribution < -0.4 is 16.8 Å². The van der Waals surface area contributed by atoms with Gasteiger partial charge in [-0.05, 0) is 11.6 Å². The molecule has 0 fully saturated rings. The normalized spacial score (nSPS) is 14.7. The molecule has 0 aliphatic heterocycles. The van der Waals surface area contributed by atoms with Crippen LogP contribution in [-0.2, 0) is 14.2 Å². The Morgan fingerprint density at radius 1 is 0.944 bits per heavy atom. The Kier molecular flexibility index (Phi) is 4.63. The van der Waals surface area contributed by atoms with Gasteiger partial charge >= 0.3 is 0 Å². The zero-order chi connectivity index (χ0) is 13.6. The van der Waals surface area contributed by atoms with Crippen LogP contribution in [0.1, 0.15) is 0 Å². The van der Waals surface area contributed by atoms with Crippen molar-refractivity contribution < 1.29 is 14.2 Å². The molecule has 0 saturated heterocycles. The molecule has 94 valence electrons. The Morgan fingerprint density at radius 2 is 1.39 bits per heavy atom. The molecule has 1 aromatic rings. The predicted molar refractivity (Wildman–Crippen MR) is 70.4 cm³/mol. The van der Waals surface area contributed by atoms with Crippen molar-refractivity contribution in [3.05, 3.63) is 54.1 Å². The van der Waals surface area contributed by atoms with E-state index in [1.54, 1.807) is 30.3 Å². The van der Waals surface area contributed by atoms with Crippen LogP contribution in [-0.4, -0.2) is 11.8 Å². The first-order chi connectivity index (χ1) is 8.44. The molecule has 0 heterocycles. The largest absolute Gasteiger partial charge is 0.366 e. The molecule has 1 aromatic carbocycles. The lowest BCUT2D eigenvalue weighted by atomic mass is 10.4. The molecule has 6 heteroatoms. The number of carbonyl (C=O) groups excluding carboxylic acids is 2. The van der Waals surface area contributed by atoms with E-state index >= 15 is 0 Å². The zero-order valence-electron chi connectivity index (χ0n) is 9.52. The first-order valence-electron chi connectivity index (χ1n) is 5.06. The van der Waals surface area contributed by atoms with Crippen LogP contribution in [0.3, 0.4) is 0 Å². The smallest absolute Gasteiger partial charge is 0.241 e. The Labute approximate surface area is 105 Å². The second-order valence-corrected chi connectivity index (χ2v) is 6.01. The first-order valence-corrected chi connectivity index (χ1v) is 6.91. The SMILES string of the molecule is NC(=O)C=CP(=O)(C=CC(N)=O)c1ccccc1. The van der Waals surface area contributed by atoms with Crippen molar-refractivity contribution in [2.24, 2.45) is 11.5 Å². The van der Waals surface area contributed by atoms with Gasteiger partial charge in [0.25, 0.3) is 0 Å². The maximum atomic E-state index is 12.6. The molecule has 0 aromatic heterocycles. The van der Waals surface area contributed by atoms with Gasteiger partial charge in [-0.1, -0.05) is 30.3 Å². The molecule has 1 rings (SSSR count). The number of benzene rings is 1. The molecule has 2 amide bonds. The molecule has 0 bridgehead atoms. The lowest BCUT2D eigenvalue weighted by Crippen LogP contribution is -2.08. The maximum absolute atomic E-state index is 12.6. The van der Waals surface area contributed by atoms with Crippen molar-refractivity contribution in [1.29, 1.82) is 0 Å². The highest BCUT2D eigenvalue weighted by Gasteiger charge is 2.17. The van der Waals surface area contributed by atoms with Gasteiger partial charge in [0, 0.05) is 17.5 Å². The fraction of sp³-hybridized carbons (Fsp3) is 0. The van der Waals surface area contributed by atoms with Crippen LogP contribution in [0.5, 0.6) is 0 Å². The molecular weight excluding hydrogens is 251 g/mol. The van der Waals surface area contributed by atoms with Crippen LogP contribution in [0.15, 0.2) is 54.1 Å². The fourth-order valence-corrected chi connectivity index (χ4v) is 3.07. The molecule has 18 heavy (non-hydrogen) atoms. The summed E-state index contributed by atoms with van der Waals surface area (Å²) in [6, 6.07) is 8.45. The van der Waals surface area contributed by atoms with Crippen LogP contribution in [0.2, 0.25) is 0 Å². The quantitative estimate of drug-likeness (QED) is 0.603. The number of rotatable bonds is 5. The summed E-state index contributed by atoms with van der Waals surface area (Å²) in [5, 5.41) is 0.486. The topological polar surface area (TPSA) is 103 Å². The molecular formula is C12H13N2O3P. The Balaban J connectivity index is 3.22. The van der Waals surface area contributed by atoms with E-state index in [4.69, 9.17) is 11.5 Å². The lowest BCUT2D eigenvalue weighted by Gasteiger charge is -2.09. The summed E-state index contributed by atoms with van der Waals surface area (Å²) in [7, 11) is -3.14.